The summed E-state index contributed by atoms with van der Waals surface area (Å²) in [6.07, 6.45) is 9.62. The van der Waals surface area contributed by atoms with Crippen LogP contribution in [0, 0.1) is 5.92 Å². The summed E-state index contributed by atoms with van der Waals surface area (Å²) in [6, 6.07) is 13.2. The van der Waals surface area contributed by atoms with Gasteiger partial charge in [0.25, 0.3) is 0 Å². The molecule has 0 bridgehead atoms. The monoisotopic (exact) mass is 909 g/mol. The predicted molar refractivity (Wildman–Crippen MR) is 249 cm³/mol. The molecule has 0 radical (unpaired) electrons. The molecule has 2 saturated carbocycles. The number of nitrogens with one attached hydrogen (secondary N) is 6. The van der Waals surface area contributed by atoms with Crippen LogP contribution in [0.2, 0.25) is 0 Å². The van der Waals surface area contributed by atoms with E-state index in [0.717, 1.165) is 38.5 Å². The molecule has 17 nitrogen and oxygen atoms in total. The minimum absolute atomic E-state index is 0.0457. The van der Waals surface area contributed by atoms with Crippen molar-refractivity contribution in [1.82, 2.24) is 40.9 Å². The van der Waals surface area contributed by atoms with Gasteiger partial charge in [0.15, 0.2) is 0 Å². The van der Waals surface area contributed by atoms with Crippen molar-refractivity contribution in [3.63, 3.8) is 0 Å². The van der Waals surface area contributed by atoms with Crippen LogP contribution in [-0.4, -0.2) is 143 Å². The Hall–Kier alpha value is -5.71. The second kappa shape index (κ2) is 20.9. The molecular weight excluding hydrogens is 841 g/mol. The molecule has 6 aliphatic rings. The Morgan fingerprint density at radius 1 is 0.621 bits per heavy atom. The van der Waals surface area contributed by atoms with E-state index in [1.54, 1.807) is 52.9 Å². The van der Waals surface area contributed by atoms with E-state index < -0.39 is 30.2 Å². The molecule has 66 heavy (non-hydrogen) atoms. The van der Waals surface area contributed by atoms with Crippen molar-refractivity contribution in [2.45, 2.75) is 152 Å². The molecule has 2 aromatic carbocycles. The van der Waals surface area contributed by atoms with E-state index in [2.05, 4.69) is 51.0 Å². The smallest absolute Gasteiger partial charge is 0.321 e. The number of benzene rings is 2. The number of carbonyl (C=O) groups is 7. The fourth-order valence-electron chi connectivity index (χ4n) is 11.3. The van der Waals surface area contributed by atoms with Crippen molar-refractivity contribution in [2.24, 2.45) is 5.92 Å². The molecule has 17 heteroatoms. The molecule has 0 unspecified atom stereocenters. The van der Waals surface area contributed by atoms with Crippen LogP contribution in [0.3, 0.4) is 0 Å². The van der Waals surface area contributed by atoms with Gasteiger partial charge in [0, 0.05) is 67.5 Å². The number of hydrogen-bond acceptors (Lipinski definition) is 8. The van der Waals surface area contributed by atoms with Crippen LogP contribution < -0.4 is 31.9 Å². The normalized spacial score (nSPS) is 29.4. The Morgan fingerprint density at radius 2 is 1.20 bits per heavy atom. The Bertz CT molecular complexity index is 2110. The van der Waals surface area contributed by atoms with Crippen molar-refractivity contribution in [3.05, 3.63) is 60.2 Å². The average molecular weight is 909 g/mol. The summed E-state index contributed by atoms with van der Waals surface area (Å²) in [6.45, 7) is 4.69. The number of carbonyl (C=O) groups excluding carboxylic acids is 7. The van der Waals surface area contributed by atoms with Crippen LogP contribution in [0.5, 0.6) is 0 Å². The molecule has 2 aromatic rings. The third-order valence-corrected chi connectivity index (χ3v) is 15.3. The summed E-state index contributed by atoms with van der Waals surface area (Å²) in [5, 5.41) is 18.1. The zero-order valence-corrected chi connectivity index (χ0v) is 38.6. The lowest BCUT2D eigenvalue weighted by Gasteiger charge is -2.39. The number of nitrogens with zero attached hydrogens (tertiary/aromatic N) is 4. The summed E-state index contributed by atoms with van der Waals surface area (Å²) in [5.74, 6) is -0.476. The van der Waals surface area contributed by atoms with Crippen LogP contribution in [-0.2, 0) is 24.0 Å². The zero-order chi connectivity index (χ0) is 46.5. The molecule has 4 aliphatic heterocycles. The van der Waals surface area contributed by atoms with Gasteiger partial charge in [-0.3, -0.25) is 24.0 Å². The third kappa shape index (κ3) is 10.5. The molecule has 6 N–H and O–H groups in total. The maximum Gasteiger partial charge on any atom is 0.321 e. The van der Waals surface area contributed by atoms with Crippen molar-refractivity contribution < 1.29 is 33.6 Å². The fourth-order valence-corrected chi connectivity index (χ4v) is 11.3. The zero-order valence-electron chi connectivity index (χ0n) is 38.6. The van der Waals surface area contributed by atoms with E-state index in [1.165, 1.54) is 10.5 Å². The van der Waals surface area contributed by atoms with Crippen LogP contribution in [0.25, 0.3) is 0 Å². The molecule has 6 fully saturated rings. The van der Waals surface area contributed by atoms with Gasteiger partial charge in [-0.15, -0.1) is 0 Å². The molecular formula is C49H68N10O7. The van der Waals surface area contributed by atoms with Gasteiger partial charge >= 0.3 is 12.1 Å². The minimum Gasteiger partial charge on any atom is -0.351 e. The van der Waals surface area contributed by atoms with Crippen molar-refractivity contribution >= 4 is 53.0 Å². The largest absolute Gasteiger partial charge is 0.351 e. The summed E-state index contributed by atoms with van der Waals surface area (Å²) < 4.78 is 0. The quantitative estimate of drug-likeness (QED) is 0.204. The van der Waals surface area contributed by atoms with E-state index in [9.17, 15) is 33.6 Å². The van der Waals surface area contributed by atoms with Crippen molar-refractivity contribution in [2.75, 3.05) is 43.9 Å². The second-order valence-corrected chi connectivity index (χ2v) is 19.4. The molecule has 0 spiro atoms. The Balaban J connectivity index is 0.844. The van der Waals surface area contributed by atoms with Gasteiger partial charge in [-0.25, -0.2) is 9.59 Å². The number of rotatable bonds is 10. The lowest BCUT2D eigenvalue weighted by atomic mass is 9.94. The van der Waals surface area contributed by atoms with Gasteiger partial charge in [-0.05, 0) is 114 Å². The van der Waals surface area contributed by atoms with Gasteiger partial charge < -0.3 is 51.5 Å². The van der Waals surface area contributed by atoms with Gasteiger partial charge in [0.05, 0.1) is 12.6 Å². The van der Waals surface area contributed by atoms with Gasteiger partial charge in [0.1, 0.15) is 18.1 Å². The topological polar surface area (TPSA) is 205 Å². The van der Waals surface area contributed by atoms with Gasteiger partial charge in [-0.1, -0.05) is 50.1 Å². The maximum atomic E-state index is 14.3. The minimum atomic E-state index is -1.07. The Kier molecular flexibility index (Phi) is 14.8. The molecule has 356 valence electrons. The summed E-state index contributed by atoms with van der Waals surface area (Å²) in [5.41, 5.74) is 2.21. The first kappa shape index (κ1) is 46.8. The number of anilines is 2. The lowest BCUT2D eigenvalue weighted by Crippen LogP contribution is -2.62. The number of likely N-dealkylation sites (N-methyl/N-ethyl adjacent to an activating group) is 1. The summed E-state index contributed by atoms with van der Waals surface area (Å²) in [7, 11) is 1.65. The average Bonchev–Trinajstić information content (AvgIpc) is 4.14. The van der Waals surface area contributed by atoms with E-state index in [1.807, 2.05) is 18.2 Å². The number of urea groups is 2. The first-order valence-electron chi connectivity index (χ1n) is 24.4. The van der Waals surface area contributed by atoms with Crippen molar-refractivity contribution in [1.29, 1.82) is 0 Å². The van der Waals surface area contributed by atoms with Crippen LogP contribution in [0.4, 0.5) is 21.0 Å². The predicted octanol–water partition coefficient (Wildman–Crippen LogP) is 4.12. The van der Waals surface area contributed by atoms with Crippen molar-refractivity contribution in [3.8, 4) is 0 Å². The molecule has 4 saturated heterocycles. The molecule has 9 amide bonds. The van der Waals surface area contributed by atoms with Crippen LogP contribution >= 0.6 is 0 Å². The summed E-state index contributed by atoms with van der Waals surface area (Å²) in [4.78, 5) is 102. The van der Waals surface area contributed by atoms with Crippen LogP contribution in [0.15, 0.2) is 54.6 Å². The fraction of sp³-hybridized carbons (Fsp3) is 0.612. The van der Waals surface area contributed by atoms with Gasteiger partial charge in [0.2, 0.25) is 29.5 Å². The highest BCUT2D eigenvalue weighted by atomic mass is 16.2. The van der Waals surface area contributed by atoms with E-state index in [0.29, 0.717) is 68.9 Å². The molecule has 0 aromatic heterocycles. The van der Waals surface area contributed by atoms with Crippen LogP contribution in [0.1, 0.15) is 109 Å². The Labute approximate surface area is 387 Å². The highest BCUT2D eigenvalue weighted by Crippen LogP contribution is 2.36. The lowest BCUT2D eigenvalue weighted by molar-refractivity contribution is -0.145. The Morgan fingerprint density at radius 3 is 1.83 bits per heavy atom. The standard InChI is InChI=1S/C49H68N10O7/c1-30-9-7-13-38(30)53-46(63)42-22-20-36-24-27-57(29-40(47(64)59(36)42)55-44(61)31(2)50-3)49(66)52-34-17-15-33(16-18-34)51-48(65)56-26-23-35-19-21-41(58(35)43(60)25-28-56)45(62)54-39-14-8-12-37(39)32-10-5-4-6-11-32/h4-6,10-11,15-18,30-31,35-42,50H,7-9,12-14,19-29H2,1-3H3,(H,51,65)(H,52,66)(H,53,63)(H,54,62)(H,55,61)/t30-,31-,35+,36+,37+,38+,39+,40-,41-,42-/m0/s1. The third-order valence-electron chi connectivity index (χ3n) is 15.3. The molecule has 10 atom stereocenters. The molecule has 4 heterocycles. The molecule has 2 aliphatic carbocycles. The highest BCUT2D eigenvalue weighted by molar-refractivity contribution is 5.96. The van der Waals surface area contributed by atoms with E-state index in [4.69, 9.17) is 0 Å². The van der Waals surface area contributed by atoms with Gasteiger partial charge in [-0.2, -0.15) is 0 Å². The highest BCUT2D eigenvalue weighted by Gasteiger charge is 2.47. The second-order valence-electron chi connectivity index (χ2n) is 19.4. The molecule has 8 rings (SSSR count). The maximum absolute atomic E-state index is 14.3. The number of hydrogen-bond donors (Lipinski definition) is 6. The summed E-state index contributed by atoms with van der Waals surface area (Å²) >= 11 is 0. The number of fused-ring (bicyclic) bond motifs is 2. The van der Waals surface area contributed by atoms with E-state index in [-0.39, 0.29) is 85.2 Å². The first-order chi connectivity index (χ1) is 31.9. The number of amides is 9. The first-order valence-corrected chi connectivity index (χ1v) is 24.4. The SMILES string of the molecule is CN[C@@H](C)C(=O)N[C@H]1CN(C(=O)Nc2ccc(NC(=O)N3CCC(=O)N4[C@H](CC[C@H]4C(=O)N[C@@H]4CCC[C@@H]4c4ccccc4)CC3)cc2)CC[C@H]2CC[C@@H](C(=O)N[C@@H]3CCC[C@@H]3C)N2C1=O. The van der Waals surface area contributed by atoms with E-state index >= 15 is 0 Å².